The van der Waals surface area contributed by atoms with Crippen molar-refractivity contribution < 1.29 is 9.53 Å². The number of likely N-dealkylation sites (tertiary alicyclic amines) is 1. The molecular weight excluding hydrogens is 440 g/mol. The molecule has 0 bridgehead atoms. The molecule has 4 rings (SSSR count). The molecule has 0 spiro atoms. The number of piperidine rings is 1. The predicted octanol–water partition coefficient (Wildman–Crippen LogP) is 4.49. The number of nitrogens with two attached hydrogens (primary N) is 1. The molecule has 0 saturated carbocycles. The smallest absolute Gasteiger partial charge is 0.243 e. The summed E-state index contributed by atoms with van der Waals surface area (Å²) in [7, 11) is 0. The maximum atomic E-state index is 12.4. The van der Waals surface area contributed by atoms with Crippen LogP contribution in [0.15, 0.2) is 73.6 Å². The highest BCUT2D eigenvalue weighted by molar-refractivity contribution is 5.84. The Bertz CT molecular complexity index is 1200. The zero-order valence-electron chi connectivity index (χ0n) is 19.4. The van der Waals surface area contributed by atoms with Gasteiger partial charge in [0.25, 0.3) is 0 Å². The van der Waals surface area contributed by atoms with E-state index in [9.17, 15) is 4.79 Å². The first-order valence-corrected chi connectivity index (χ1v) is 11.6. The summed E-state index contributed by atoms with van der Waals surface area (Å²) in [6, 6.07) is 19.3. The Labute approximate surface area is 205 Å². The third-order valence-corrected chi connectivity index (χ3v) is 6.12. The van der Waals surface area contributed by atoms with Crippen molar-refractivity contribution in [2.24, 2.45) is 11.8 Å². The summed E-state index contributed by atoms with van der Waals surface area (Å²) in [6.45, 7) is 5.53. The van der Waals surface area contributed by atoms with Crippen LogP contribution in [0.25, 0.3) is 11.1 Å². The van der Waals surface area contributed by atoms with Crippen LogP contribution in [-0.4, -0.2) is 40.4 Å². The molecule has 3 N–H and O–H groups in total. The van der Waals surface area contributed by atoms with E-state index in [0.29, 0.717) is 37.2 Å². The van der Waals surface area contributed by atoms with Crippen LogP contribution in [0.5, 0.6) is 11.5 Å². The largest absolute Gasteiger partial charge is 0.457 e. The topological polar surface area (TPSA) is 117 Å². The van der Waals surface area contributed by atoms with Crippen LogP contribution in [0.3, 0.4) is 0 Å². The van der Waals surface area contributed by atoms with E-state index in [0.717, 1.165) is 35.5 Å². The predicted molar refractivity (Wildman–Crippen MR) is 135 cm³/mol. The van der Waals surface area contributed by atoms with Gasteiger partial charge >= 0.3 is 0 Å². The second-order valence-corrected chi connectivity index (χ2v) is 8.41. The summed E-state index contributed by atoms with van der Waals surface area (Å²) in [5.74, 6) is 1.98. The Hall–Kier alpha value is -4.38. The fourth-order valence-electron chi connectivity index (χ4n) is 4.14. The molecule has 1 atom stereocenters. The molecule has 1 fully saturated rings. The highest BCUT2D eigenvalue weighted by Crippen LogP contribution is 2.33. The van der Waals surface area contributed by atoms with Crippen LogP contribution in [-0.2, 0) is 4.79 Å². The maximum Gasteiger partial charge on any atom is 0.243 e. The van der Waals surface area contributed by atoms with Crippen LogP contribution in [0, 0.1) is 23.2 Å². The first-order chi connectivity index (χ1) is 17.1. The summed E-state index contributed by atoms with van der Waals surface area (Å²) >= 11 is 0. The minimum atomic E-state index is -0.777. The lowest BCUT2D eigenvalue weighted by Crippen LogP contribution is -2.42. The molecule has 1 aliphatic heterocycles. The third kappa shape index (κ3) is 5.76. The number of carbonyl (C=O) groups excluding carboxylic acids is 1. The molecule has 1 aliphatic rings. The lowest BCUT2D eigenvalue weighted by Gasteiger charge is -2.33. The van der Waals surface area contributed by atoms with Gasteiger partial charge in [0.15, 0.2) is 0 Å². The SMILES string of the molecule is C=CC(C#N)C(=O)N1CCC(CNc2ncnc(N)c2-c2ccc(Oc3ccccc3)cc2)CC1. The van der Waals surface area contributed by atoms with Crippen molar-refractivity contribution in [2.45, 2.75) is 12.8 Å². The molecule has 1 amide bonds. The van der Waals surface area contributed by atoms with Gasteiger partial charge in [-0.3, -0.25) is 4.79 Å². The number of aromatic nitrogens is 2. The second-order valence-electron chi connectivity index (χ2n) is 8.41. The van der Waals surface area contributed by atoms with Crippen LogP contribution < -0.4 is 15.8 Å². The van der Waals surface area contributed by atoms with Crippen LogP contribution in [0.2, 0.25) is 0 Å². The number of para-hydroxylation sites is 1. The number of rotatable bonds is 8. The summed E-state index contributed by atoms with van der Waals surface area (Å²) in [5.41, 5.74) is 7.86. The summed E-state index contributed by atoms with van der Waals surface area (Å²) < 4.78 is 5.88. The lowest BCUT2D eigenvalue weighted by atomic mass is 9.95. The van der Waals surface area contributed by atoms with E-state index >= 15 is 0 Å². The molecule has 1 aromatic heterocycles. The Morgan fingerprint density at radius 1 is 1.17 bits per heavy atom. The standard InChI is InChI=1S/C27H28N6O2/c1-2-20(16-28)27(34)33-14-12-19(13-15-33)17-30-26-24(25(29)31-18-32-26)21-8-10-23(11-9-21)35-22-6-4-3-5-7-22/h2-11,18-20H,1,12-15,17H2,(H3,29,30,31,32). The minimum absolute atomic E-state index is 0.167. The lowest BCUT2D eigenvalue weighted by molar-refractivity contribution is -0.133. The van der Waals surface area contributed by atoms with Crippen molar-refractivity contribution in [1.82, 2.24) is 14.9 Å². The highest BCUT2D eigenvalue weighted by Gasteiger charge is 2.27. The summed E-state index contributed by atoms with van der Waals surface area (Å²) in [5, 5.41) is 12.5. The Balaban J connectivity index is 1.39. The second kappa shape index (κ2) is 11.2. The van der Waals surface area contributed by atoms with E-state index in [2.05, 4.69) is 21.9 Å². The number of amides is 1. The van der Waals surface area contributed by atoms with E-state index in [-0.39, 0.29) is 5.91 Å². The van der Waals surface area contributed by atoms with E-state index < -0.39 is 5.92 Å². The van der Waals surface area contributed by atoms with Crippen molar-refractivity contribution in [1.29, 1.82) is 5.26 Å². The van der Waals surface area contributed by atoms with E-state index in [1.807, 2.05) is 60.7 Å². The fraction of sp³-hybridized carbons (Fsp3) is 0.259. The van der Waals surface area contributed by atoms with Gasteiger partial charge in [-0.2, -0.15) is 5.26 Å². The molecule has 0 aliphatic carbocycles. The monoisotopic (exact) mass is 468 g/mol. The zero-order chi connectivity index (χ0) is 24.6. The molecule has 178 valence electrons. The Kier molecular flexibility index (Phi) is 7.58. The van der Waals surface area contributed by atoms with Crippen molar-refractivity contribution >= 4 is 17.5 Å². The number of anilines is 2. The number of nitrogens with one attached hydrogen (secondary N) is 1. The molecule has 1 saturated heterocycles. The van der Waals surface area contributed by atoms with Crippen LogP contribution in [0.1, 0.15) is 12.8 Å². The minimum Gasteiger partial charge on any atom is -0.457 e. The fourth-order valence-corrected chi connectivity index (χ4v) is 4.14. The first-order valence-electron chi connectivity index (χ1n) is 11.6. The van der Waals surface area contributed by atoms with Gasteiger partial charge in [-0.05, 0) is 48.6 Å². The van der Waals surface area contributed by atoms with E-state index in [1.54, 1.807) is 4.90 Å². The number of nitriles is 1. The van der Waals surface area contributed by atoms with Crippen molar-refractivity contribution in [2.75, 3.05) is 30.7 Å². The molecule has 3 aromatic rings. The number of ether oxygens (including phenoxy) is 1. The molecule has 35 heavy (non-hydrogen) atoms. The zero-order valence-corrected chi connectivity index (χ0v) is 19.4. The number of benzene rings is 2. The molecular formula is C27H28N6O2. The van der Waals surface area contributed by atoms with E-state index in [4.69, 9.17) is 15.7 Å². The van der Waals surface area contributed by atoms with E-state index in [1.165, 1.54) is 12.4 Å². The van der Waals surface area contributed by atoms with Gasteiger partial charge in [0.05, 0.1) is 11.6 Å². The van der Waals surface area contributed by atoms with Gasteiger partial charge in [0.2, 0.25) is 5.91 Å². The molecule has 2 heterocycles. The molecule has 8 nitrogen and oxygen atoms in total. The van der Waals surface area contributed by atoms with Gasteiger partial charge in [-0.1, -0.05) is 36.4 Å². The van der Waals surface area contributed by atoms with Crippen LogP contribution >= 0.6 is 0 Å². The number of hydrogen-bond acceptors (Lipinski definition) is 7. The van der Waals surface area contributed by atoms with Gasteiger partial charge in [-0.25, -0.2) is 9.97 Å². The summed E-state index contributed by atoms with van der Waals surface area (Å²) in [4.78, 5) is 22.8. The number of nitrogens with zero attached hydrogens (tertiary/aromatic N) is 4. The molecule has 2 aromatic carbocycles. The number of hydrogen-bond donors (Lipinski definition) is 2. The molecule has 8 heteroatoms. The van der Waals surface area contributed by atoms with Gasteiger partial charge in [-0.15, -0.1) is 6.58 Å². The average Bonchev–Trinajstić information content (AvgIpc) is 2.90. The number of carbonyl (C=O) groups is 1. The maximum absolute atomic E-state index is 12.4. The van der Waals surface area contributed by atoms with Crippen molar-refractivity contribution in [3.05, 3.63) is 73.6 Å². The Morgan fingerprint density at radius 2 is 1.86 bits per heavy atom. The highest BCUT2D eigenvalue weighted by atomic mass is 16.5. The molecule has 0 radical (unpaired) electrons. The van der Waals surface area contributed by atoms with Gasteiger partial charge in [0, 0.05) is 19.6 Å². The third-order valence-electron chi connectivity index (χ3n) is 6.12. The van der Waals surface area contributed by atoms with Gasteiger partial charge in [0.1, 0.15) is 35.4 Å². The van der Waals surface area contributed by atoms with Crippen molar-refractivity contribution in [3.8, 4) is 28.7 Å². The summed E-state index contributed by atoms with van der Waals surface area (Å²) in [6.07, 6.45) is 4.54. The normalized spacial score (nSPS) is 14.5. The first kappa shape index (κ1) is 23.8. The molecule has 1 unspecified atom stereocenters. The Morgan fingerprint density at radius 3 is 2.51 bits per heavy atom. The van der Waals surface area contributed by atoms with Crippen LogP contribution in [0.4, 0.5) is 11.6 Å². The number of nitrogen functional groups attached to an aromatic ring is 1. The quantitative estimate of drug-likeness (QED) is 0.468. The van der Waals surface area contributed by atoms with Gasteiger partial charge < -0.3 is 20.7 Å². The average molecular weight is 469 g/mol. The van der Waals surface area contributed by atoms with Crippen molar-refractivity contribution in [3.63, 3.8) is 0 Å².